The zero-order chi connectivity index (χ0) is 17.8. The molecule has 2 aliphatic rings. The largest absolute Gasteiger partial charge is 0.362 e. The van der Waals surface area contributed by atoms with Gasteiger partial charge in [0.25, 0.3) is 0 Å². The molecule has 6 heteroatoms. The molecule has 3 rings (SSSR count). The smallest absolute Gasteiger partial charge is 0.242 e. The van der Waals surface area contributed by atoms with Gasteiger partial charge in [0, 0.05) is 45.5 Å². The normalized spacial score (nSPS) is 18.0. The van der Waals surface area contributed by atoms with E-state index in [9.17, 15) is 9.59 Å². The summed E-state index contributed by atoms with van der Waals surface area (Å²) in [7, 11) is 1.65. The zero-order valence-electron chi connectivity index (χ0n) is 15.3. The summed E-state index contributed by atoms with van der Waals surface area (Å²) < 4.78 is 0. The van der Waals surface area contributed by atoms with Gasteiger partial charge in [-0.2, -0.15) is 0 Å². The molecular formula is C19H28N4O2. The fourth-order valence-electron chi connectivity index (χ4n) is 3.67. The number of carbonyl (C=O) groups excluding carboxylic acids is 2. The molecule has 1 N–H and O–H groups in total. The van der Waals surface area contributed by atoms with E-state index in [1.165, 1.54) is 16.8 Å². The summed E-state index contributed by atoms with van der Waals surface area (Å²) >= 11 is 0. The highest BCUT2D eigenvalue weighted by Gasteiger charge is 2.25. The quantitative estimate of drug-likeness (QED) is 0.871. The lowest BCUT2D eigenvalue weighted by atomic mass is 9.99. The Morgan fingerprint density at radius 3 is 2.56 bits per heavy atom. The van der Waals surface area contributed by atoms with Crippen LogP contribution in [0.25, 0.3) is 0 Å². The number of anilines is 1. The second-order valence-electron chi connectivity index (χ2n) is 6.99. The van der Waals surface area contributed by atoms with E-state index in [2.05, 4.69) is 40.2 Å². The highest BCUT2D eigenvalue weighted by molar-refractivity contribution is 5.82. The van der Waals surface area contributed by atoms with Crippen LogP contribution in [0.1, 0.15) is 17.5 Å². The van der Waals surface area contributed by atoms with E-state index in [1.807, 2.05) is 4.90 Å². The summed E-state index contributed by atoms with van der Waals surface area (Å²) in [4.78, 5) is 30.4. The van der Waals surface area contributed by atoms with Gasteiger partial charge in [0.15, 0.2) is 0 Å². The number of hydrogen-bond acceptors (Lipinski definition) is 4. The standard InChI is InChI=1S/C19H28N4O2/c1-15-5-6-17-16(12-15)4-3-7-23(17)14-19(25)22-10-8-21(9-11-22)13-18(24)20-2/h5-6,12H,3-4,7-11,13-14H2,1-2H3,(H,20,24). The minimum Gasteiger partial charge on any atom is -0.362 e. The molecule has 136 valence electrons. The Hall–Kier alpha value is -2.08. The van der Waals surface area contributed by atoms with Crippen LogP contribution in [0.5, 0.6) is 0 Å². The molecule has 0 aliphatic carbocycles. The van der Waals surface area contributed by atoms with Crippen LogP contribution in [0.15, 0.2) is 18.2 Å². The molecule has 1 saturated heterocycles. The Bertz CT molecular complexity index is 638. The summed E-state index contributed by atoms with van der Waals surface area (Å²) in [6.07, 6.45) is 2.20. The molecule has 0 bridgehead atoms. The van der Waals surface area contributed by atoms with Gasteiger partial charge < -0.3 is 15.1 Å². The summed E-state index contributed by atoms with van der Waals surface area (Å²) in [5.41, 5.74) is 3.84. The summed E-state index contributed by atoms with van der Waals surface area (Å²) in [6, 6.07) is 6.51. The van der Waals surface area contributed by atoms with E-state index in [-0.39, 0.29) is 11.8 Å². The third-order valence-electron chi connectivity index (χ3n) is 5.15. The monoisotopic (exact) mass is 344 g/mol. The third kappa shape index (κ3) is 4.31. The van der Waals surface area contributed by atoms with Gasteiger partial charge in [0.05, 0.1) is 13.1 Å². The van der Waals surface area contributed by atoms with Gasteiger partial charge in [-0.15, -0.1) is 0 Å². The first kappa shape index (κ1) is 17.7. The molecule has 2 aliphatic heterocycles. The van der Waals surface area contributed by atoms with Gasteiger partial charge in [-0.05, 0) is 31.4 Å². The van der Waals surface area contributed by atoms with Gasteiger partial charge >= 0.3 is 0 Å². The van der Waals surface area contributed by atoms with Crippen molar-refractivity contribution in [3.05, 3.63) is 29.3 Å². The van der Waals surface area contributed by atoms with Crippen LogP contribution in [0.4, 0.5) is 5.69 Å². The van der Waals surface area contributed by atoms with Crippen LogP contribution < -0.4 is 10.2 Å². The van der Waals surface area contributed by atoms with E-state index in [0.29, 0.717) is 26.2 Å². The predicted octanol–water partition coefficient (Wildman–Crippen LogP) is 0.638. The lowest BCUT2D eigenvalue weighted by Gasteiger charge is -2.37. The maximum Gasteiger partial charge on any atom is 0.242 e. The Morgan fingerprint density at radius 1 is 1.08 bits per heavy atom. The summed E-state index contributed by atoms with van der Waals surface area (Å²) in [5, 5.41) is 2.65. The van der Waals surface area contributed by atoms with Crippen molar-refractivity contribution in [2.24, 2.45) is 0 Å². The van der Waals surface area contributed by atoms with Crippen molar-refractivity contribution >= 4 is 17.5 Å². The minimum atomic E-state index is 0.0278. The number of benzene rings is 1. The van der Waals surface area contributed by atoms with Crippen molar-refractivity contribution in [2.75, 3.05) is 57.8 Å². The number of likely N-dealkylation sites (N-methyl/N-ethyl adjacent to an activating group) is 1. The number of fused-ring (bicyclic) bond motifs is 1. The molecule has 1 aromatic carbocycles. The number of aryl methyl sites for hydroxylation is 2. The average molecular weight is 344 g/mol. The van der Waals surface area contributed by atoms with Crippen molar-refractivity contribution in [1.29, 1.82) is 0 Å². The van der Waals surface area contributed by atoms with Crippen LogP contribution in [0, 0.1) is 6.92 Å². The van der Waals surface area contributed by atoms with Gasteiger partial charge in [0.2, 0.25) is 11.8 Å². The Balaban J connectivity index is 1.55. The number of amides is 2. The number of hydrogen-bond donors (Lipinski definition) is 1. The van der Waals surface area contributed by atoms with Crippen LogP contribution >= 0.6 is 0 Å². The maximum atomic E-state index is 12.7. The van der Waals surface area contributed by atoms with Crippen molar-refractivity contribution in [2.45, 2.75) is 19.8 Å². The number of piperazine rings is 1. The molecule has 0 saturated carbocycles. The maximum absolute atomic E-state index is 12.7. The molecule has 1 fully saturated rings. The molecule has 0 aromatic heterocycles. The highest BCUT2D eigenvalue weighted by Crippen LogP contribution is 2.27. The van der Waals surface area contributed by atoms with Gasteiger partial charge in [-0.1, -0.05) is 17.7 Å². The summed E-state index contributed by atoms with van der Waals surface area (Å²) in [5.74, 6) is 0.216. The van der Waals surface area contributed by atoms with Crippen molar-refractivity contribution in [3.8, 4) is 0 Å². The van der Waals surface area contributed by atoms with E-state index in [4.69, 9.17) is 0 Å². The number of carbonyl (C=O) groups is 2. The SMILES string of the molecule is CNC(=O)CN1CCN(C(=O)CN2CCCc3cc(C)ccc32)CC1. The van der Waals surface area contributed by atoms with Crippen LogP contribution in [-0.4, -0.2) is 74.5 Å². The molecule has 0 unspecified atom stereocenters. The Labute approximate surface area is 149 Å². The van der Waals surface area contributed by atoms with Crippen molar-refractivity contribution in [1.82, 2.24) is 15.1 Å². The molecule has 2 amide bonds. The molecular weight excluding hydrogens is 316 g/mol. The third-order valence-corrected chi connectivity index (χ3v) is 5.15. The number of nitrogens with one attached hydrogen (secondary N) is 1. The van der Waals surface area contributed by atoms with Crippen LogP contribution in [0.2, 0.25) is 0 Å². The first-order valence-electron chi connectivity index (χ1n) is 9.12. The Kier molecular flexibility index (Phi) is 5.58. The Morgan fingerprint density at radius 2 is 1.84 bits per heavy atom. The topological polar surface area (TPSA) is 55.9 Å². The van der Waals surface area contributed by atoms with Gasteiger partial charge in [-0.3, -0.25) is 14.5 Å². The lowest BCUT2D eigenvalue weighted by molar-refractivity contribution is -0.131. The highest BCUT2D eigenvalue weighted by atomic mass is 16.2. The zero-order valence-corrected chi connectivity index (χ0v) is 15.3. The summed E-state index contributed by atoms with van der Waals surface area (Å²) in [6.45, 7) is 6.84. The van der Waals surface area contributed by atoms with Crippen LogP contribution in [-0.2, 0) is 16.0 Å². The van der Waals surface area contributed by atoms with Crippen LogP contribution in [0.3, 0.4) is 0 Å². The second kappa shape index (κ2) is 7.87. The fourth-order valence-corrected chi connectivity index (χ4v) is 3.67. The molecule has 1 aromatic rings. The predicted molar refractivity (Wildman–Crippen MR) is 98.8 cm³/mol. The van der Waals surface area contributed by atoms with E-state index in [1.54, 1.807) is 7.05 Å². The van der Waals surface area contributed by atoms with Gasteiger partial charge in [-0.25, -0.2) is 0 Å². The molecule has 0 atom stereocenters. The lowest BCUT2D eigenvalue weighted by Crippen LogP contribution is -2.53. The van der Waals surface area contributed by atoms with Gasteiger partial charge in [0.1, 0.15) is 0 Å². The molecule has 25 heavy (non-hydrogen) atoms. The first-order valence-corrected chi connectivity index (χ1v) is 9.12. The van der Waals surface area contributed by atoms with E-state index < -0.39 is 0 Å². The molecule has 6 nitrogen and oxygen atoms in total. The van der Waals surface area contributed by atoms with Crippen molar-refractivity contribution in [3.63, 3.8) is 0 Å². The number of nitrogens with zero attached hydrogens (tertiary/aromatic N) is 3. The fraction of sp³-hybridized carbons (Fsp3) is 0.579. The van der Waals surface area contributed by atoms with E-state index >= 15 is 0 Å². The molecule has 0 spiro atoms. The first-order chi connectivity index (χ1) is 12.1. The minimum absolute atomic E-state index is 0.0278. The van der Waals surface area contributed by atoms with Crippen molar-refractivity contribution < 1.29 is 9.59 Å². The van der Waals surface area contributed by atoms with E-state index in [0.717, 1.165) is 32.5 Å². The average Bonchev–Trinajstić information content (AvgIpc) is 2.62. The number of rotatable bonds is 4. The second-order valence-corrected chi connectivity index (χ2v) is 6.99. The molecule has 2 heterocycles. The molecule has 0 radical (unpaired) electrons.